The number of fused-ring (bicyclic) bond motifs is 2. The van der Waals surface area contributed by atoms with Crippen LogP contribution >= 0.6 is 0 Å². The maximum absolute atomic E-state index is 14.0. The van der Waals surface area contributed by atoms with E-state index in [1.54, 1.807) is 17.0 Å². The molecule has 1 aliphatic heterocycles. The lowest BCUT2D eigenvalue weighted by atomic mass is 9.91. The Morgan fingerprint density at radius 3 is 2.24 bits per heavy atom. The highest BCUT2D eigenvalue weighted by atomic mass is 16.5. The molecule has 0 bridgehead atoms. The molecule has 7 nitrogen and oxygen atoms in total. The summed E-state index contributed by atoms with van der Waals surface area (Å²) in [6.07, 6.45) is -0.404. The molecule has 0 unspecified atom stereocenters. The standard InChI is InChI=1S/C30H26N2O5/c33-28(34)17-25-14-21-10-6-7-13-24(21)18-32(25)29(35)26-15-22-11-4-5-12-23(22)16-27(26)31-30(36)37-19-20-8-2-1-3-9-20/h1-13,15-16,25H,14,17-19H2,(H,31,36)(H,33,34)/t25-/m1/s1. The maximum atomic E-state index is 14.0. The van der Waals surface area contributed by atoms with Crippen molar-refractivity contribution < 1.29 is 24.2 Å². The number of hydrogen-bond donors (Lipinski definition) is 2. The fourth-order valence-corrected chi connectivity index (χ4v) is 4.75. The van der Waals surface area contributed by atoms with E-state index in [0.29, 0.717) is 12.1 Å². The van der Waals surface area contributed by atoms with E-state index in [2.05, 4.69) is 5.32 Å². The van der Waals surface area contributed by atoms with Crippen LogP contribution in [0.3, 0.4) is 0 Å². The van der Waals surface area contributed by atoms with Crippen molar-refractivity contribution in [1.29, 1.82) is 0 Å². The molecule has 2 N–H and O–H groups in total. The number of nitrogens with zero attached hydrogens (tertiary/aromatic N) is 1. The molecule has 4 aromatic rings. The predicted octanol–water partition coefficient (Wildman–Crippen LogP) is 5.63. The van der Waals surface area contributed by atoms with E-state index in [9.17, 15) is 19.5 Å². The van der Waals surface area contributed by atoms with Crippen LogP contribution in [0.5, 0.6) is 0 Å². The van der Waals surface area contributed by atoms with Crippen LogP contribution in [-0.2, 0) is 29.1 Å². The number of carbonyl (C=O) groups excluding carboxylic acids is 2. The number of hydrogen-bond acceptors (Lipinski definition) is 4. The minimum atomic E-state index is -0.969. The molecule has 4 aromatic carbocycles. The molecule has 0 saturated heterocycles. The molecule has 0 spiro atoms. The summed E-state index contributed by atoms with van der Waals surface area (Å²) in [6.45, 7) is 0.380. The molecule has 37 heavy (non-hydrogen) atoms. The Morgan fingerprint density at radius 2 is 1.51 bits per heavy atom. The van der Waals surface area contributed by atoms with Crippen LogP contribution in [0.15, 0.2) is 91.0 Å². The molecule has 186 valence electrons. The summed E-state index contributed by atoms with van der Waals surface area (Å²) < 4.78 is 5.39. The molecule has 0 radical (unpaired) electrons. The molecular weight excluding hydrogens is 468 g/mol. The van der Waals surface area contributed by atoms with Gasteiger partial charge in [-0.05, 0) is 46.0 Å². The third kappa shape index (κ3) is 5.46. The first-order valence-corrected chi connectivity index (χ1v) is 12.1. The largest absolute Gasteiger partial charge is 0.481 e. The molecule has 0 aliphatic carbocycles. The molecule has 5 rings (SSSR count). The van der Waals surface area contributed by atoms with Crippen molar-refractivity contribution in [2.24, 2.45) is 0 Å². The van der Waals surface area contributed by atoms with Gasteiger partial charge in [-0.25, -0.2) is 4.79 Å². The zero-order chi connectivity index (χ0) is 25.8. The zero-order valence-electron chi connectivity index (χ0n) is 20.1. The highest BCUT2D eigenvalue weighted by molar-refractivity contribution is 6.07. The van der Waals surface area contributed by atoms with Gasteiger partial charge in [0.1, 0.15) is 6.61 Å². The molecule has 2 amide bonds. The Labute approximate surface area is 214 Å². The number of aliphatic carboxylic acids is 1. The summed E-state index contributed by atoms with van der Waals surface area (Å²) in [5, 5.41) is 14.0. The van der Waals surface area contributed by atoms with Crippen LogP contribution in [0.25, 0.3) is 10.8 Å². The quantitative estimate of drug-likeness (QED) is 0.362. The Bertz CT molecular complexity index is 1470. The van der Waals surface area contributed by atoms with Crippen LogP contribution in [0.4, 0.5) is 10.5 Å². The average molecular weight is 495 g/mol. The number of carboxylic acid groups (broad SMARTS) is 1. The molecule has 1 aliphatic rings. The van der Waals surface area contributed by atoms with Crippen LogP contribution in [0.1, 0.15) is 33.5 Å². The summed E-state index contributed by atoms with van der Waals surface area (Å²) in [7, 11) is 0. The second kappa shape index (κ2) is 10.5. The van der Waals surface area contributed by atoms with Gasteiger partial charge in [0.2, 0.25) is 0 Å². The van der Waals surface area contributed by atoms with Crippen molar-refractivity contribution in [1.82, 2.24) is 4.90 Å². The molecule has 0 saturated carbocycles. The van der Waals surface area contributed by atoms with Crippen LogP contribution in [0.2, 0.25) is 0 Å². The van der Waals surface area contributed by atoms with Crippen LogP contribution in [0, 0.1) is 0 Å². The number of nitrogens with one attached hydrogen (secondary N) is 1. The van der Waals surface area contributed by atoms with E-state index < -0.39 is 18.1 Å². The van der Waals surface area contributed by atoms with E-state index in [1.165, 1.54) is 0 Å². The minimum absolute atomic E-state index is 0.0904. The predicted molar refractivity (Wildman–Crippen MR) is 140 cm³/mol. The second-order valence-electron chi connectivity index (χ2n) is 9.09. The van der Waals surface area contributed by atoms with Crippen molar-refractivity contribution >= 4 is 34.4 Å². The minimum Gasteiger partial charge on any atom is -0.481 e. The molecule has 0 fully saturated rings. The van der Waals surface area contributed by atoms with Crippen molar-refractivity contribution in [3.05, 3.63) is 113 Å². The van der Waals surface area contributed by atoms with Crippen molar-refractivity contribution in [2.75, 3.05) is 5.32 Å². The number of anilines is 1. The number of benzene rings is 4. The van der Waals surface area contributed by atoms with E-state index in [-0.39, 0.29) is 31.0 Å². The van der Waals surface area contributed by atoms with E-state index in [1.807, 2.05) is 78.9 Å². The SMILES string of the molecule is O=C(O)C[C@H]1Cc2ccccc2CN1C(=O)c1cc2ccccc2cc1NC(=O)OCc1ccccc1. The molecule has 1 atom stereocenters. The monoisotopic (exact) mass is 494 g/mol. The van der Waals surface area contributed by atoms with Gasteiger partial charge in [0.15, 0.2) is 0 Å². The smallest absolute Gasteiger partial charge is 0.411 e. The Hall–Kier alpha value is -4.65. The highest BCUT2D eigenvalue weighted by Crippen LogP contribution is 2.31. The Kier molecular flexibility index (Phi) is 6.85. The topological polar surface area (TPSA) is 95.9 Å². The number of carbonyl (C=O) groups is 3. The normalized spacial score (nSPS) is 14.6. The maximum Gasteiger partial charge on any atom is 0.411 e. The van der Waals surface area contributed by atoms with Gasteiger partial charge in [-0.15, -0.1) is 0 Å². The fraction of sp³-hybridized carbons (Fsp3) is 0.167. The first kappa shape index (κ1) is 24.1. The third-order valence-electron chi connectivity index (χ3n) is 6.59. The van der Waals surface area contributed by atoms with Gasteiger partial charge in [-0.2, -0.15) is 0 Å². The number of ether oxygens (including phenoxy) is 1. The van der Waals surface area contributed by atoms with Gasteiger partial charge in [0.05, 0.1) is 17.7 Å². The second-order valence-corrected chi connectivity index (χ2v) is 9.09. The van der Waals surface area contributed by atoms with E-state index >= 15 is 0 Å². The molecule has 7 heteroatoms. The lowest BCUT2D eigenvalue weighted by Gasteiger charge is -2.36. The summed E-state index contributed by atoms with van der Waals surface area (Å²) in [6, 6.07) is 27.6. The highest BCUT2D eigenvalue weighted by Gasteiger charge is 2.33. The van der Waals surface area contributed by atoms with Gasteiger partial charge in [0.25, 0.3) is 5.91 Å². The van der Waals surface area contributed by atoms with E-state index in [4.69, 9.17) is 4.74 Å². The van der Waals surface area contributed by atoms with Crippen LogP contribution in [-0.4, -0.2) is 34.0 Å². The zero-order valence-corrected chi connectivity index (χ0v) is 20.1. The van der Waals surface area contributed by atoms with Crippen molar-refractivity contribution in [2.45, 2.75) is 32.0 Å². The summed E-state index contributed by atoms with van der Waals surface area (Å²) in [5.74, 6) is -1.31. The Morgan fingerprint density at radius 1 is 0.865 bits per heavy atom. The number of carboxylic acids is 1. The van der Waals surface area contributed by atoms with Gasteiger partial charge in [-0.1, -0.05) is 78.9 Å². The molecule has 1 heterocycles. The fourth-order valence-electron chi connectivity index (χ4n) is 4.75. The van der Waals surface area contributed by atoms with Gasteiger partial charge < -0.3 is 14.7 Å². The van der Waals surface area contributed by atoms with Crippen molar-refractivity contribution in [3.8, 4) is 0 Å². The molecule has 0 aromatic heterocycles. The average Bonchev–Trinajstić information content (AvgIpc) is 2.91. The first-order chi connectivity index (χ1) is 18.0. The summed E-state index contributed by atoms with van der Waals surface area (Å²) >= 11 is 0. The molecular formula is C30H26N2O5. The third-order valence-corrected chi connectivity index (χ3v) is 6.59. The number of rotatable bonds is 6. The Balaban J connectivity index is 1.46. The lowest BCUT2D eigenvalue weighted by molar-refractivity contribution is -0.138. The van der Waals surface area contributed by atoms with E-state index in [0.717, 1.165) is 27.5 Å². The van der Waals surface area contributed by atoms with Gasteiger partial charge >= 0.3 is 12.1 Å². The summed E-state index contributed by atoms with van der Waals surface area (Å²) in [4.78, 5) is 39.9. The van der Waals surface area contributed by atoms with Gasteiger partial charge in [0, 0.05) is 12.6 Å². The lowest BCUT2D eigenvalue weighted by Crippen LogP contribution is -2.45. The summed E-state index contributed by atoms with van der Waals surface area (Å²) in [5.41, 5.74) is 3.46. The van der Waals surface area contributed by atoms with Crippen molar-refractivity contribution in [3.63, 3.8) is 0 Å². The first-order valence-electron chi connectivity index (χ1n) is 12.1. The number of amides is 2. The van der Waals surface area contributed by atoms with Crippen LogP contribution < -0.4 is 5.32 Å². The van der Waals surface area contributed by atoms with Gasteiger partial charge in [-0.3, -0.25) is 14.9 Å².